The van der Waals surface area contributed by atoms with Crippen molar-refractivity contribution in [3.05, 3.63) is 42.0 Å². The van der Waals surface area contributed by atoms with E-state index in [2.05, 4.69) is 16.0 Å². The number of aryl methyl sites for hydroxylation is 1. The molecule has 6 nitrogen and oxygen atoms in total. The van der Waals surface area contributed by atoms with Gasteiger partial charge in [0.25, 0.3) is 0 Å². The summed E-state index contributed by atoms with van der Waals surface area (Å²) < 4.78 is 13.4. The van der Waals surface area contributed by atoms with Gasteiger partial charge in [-0.3, -0.25) is 4.90 Å². The molecule has 0 spiro atoms. The number of hydrogen-bond acceptors (Lipinski definition) is 5. The summed E-state index contributed by atoms with van der Waals surface area (Å²) >= 11 is 0. The first-order chi connectivity index (χ1) is 12.2. The van der Waals surface area contributed by atoms with Gasteiger partial charge in [-0.05, 0) is 37.9 Å². The first kappa shape index (κ1) is 16.4. The van der Waals surface area contributed by atoms with Gasteiger partial charge in [0.15, 0.2) is 11.5 Å². The maximum atomic E-state index is 10.6. The normalized spacial score (nSPS) is 19.8. The van der Waals surface area contributed by atoms with Crippen molar-refractivity contribution in [3.8, 4) is 11.5 Å². The van der Waals surface area contributed by atoms with Crippen molar-refractivity contribution in [1.82, 2.24) is 14.5 Å². The van der Waals surface area contributed by atoms with Crippen LogP contribution in [0.1, 0.15) is 30.3 Å². The molecule has 1 atom stereocenters. The van der Waals surface area contributed by atoms with Crippen molar-refractivity contribution in [1.29, 1.82) is 0 Å². The molecular formula is C19H25N3O3. The van der Waals surface area contributed by atoms with E-state index < -0.39 is 6.10 Å². The molecule has 134 valence electrons. The van der Waals surface area contributed by atoms with Gasteiger partial charge in [-0.2, -0.15) is 0 Å². The van der Waals surface area contributed by atoms with Gasteiger partial charge < -0.3 is 19.1 Å². The lowest BCUT2D eigenvalue weighted by Gasteiger charge is -2.34. The van der Waals surface area contributed by atoms with Crippen LogP contribution in [0.3, 0.4) is 0 Å². The average Bonchev–Trinajstić information content (AvgIpc) is 3.08. The second kappa shape index (κ2) is 7.06. The minimum atomic E-state index is -0.483. The Kier molecular flexibility index (Phi) is 4.63. The van der Waals surface area contributed by atoms with E-state index in [1.54, 1.807) is 6.20 Å². The smallest absolute Gasteiger partial charge is 0.165 e. The zero-order valence-electron chi connectivity index (χ0n) is 14.6. The second-order valence-electron chi connectivity index (χ2n) is 6.90. The van der Waals surface area contributed by atoms with Crippen LogP contribution in [0.25, 0.3) is 0 Å². The third kappa shape index (κ3) is 3.37. The largest absolute Gasteiger partial charge is 0.486 e. The standard InChI is InChI=1S/C19H25N3O3/c1-21-10-7-20-19(21)17(23)14-5-8-22(9-6-14)13-15-3-2-4-16-18(15)25-12-11-24-16/h2-4,7,10,14,17,23H,5-6,8-9,11-13H2,1H3. The first-order valence-corrected chi connectivity index (χ1v) is 8.97. The molecule has 4 rings (SSSR count). The quantitative estimate of drug-likeness (QED) is 0.922. The highest BCUT2D eigenvalue weighted by Crippen LogP contribution is 2.35. The zero-order chi connectivity index (χ0) is 17.2. The van der Waals surface area contributed by atoms with Crippen LogP contribution >= 0.6 is 0 Å². The van der Waals surface area contributed by atoms with Gasteiger partial charge in [-0.15, -0.1) is 0 Å². The Morgan fingerprint density at radius 3 is 2.80 bits per heavy atom. The topological polar surface area (TPSA) is 59.8 Å². The molecule has 2 aliphatic heterocycles. The predicted molar refractivity (Wildman–Crippen MR) is 93.6 cm³/mol. The summed E-state index contributed by atoms with van der Waals surface area (Å²) in [6.45, 7) is 4.03. The number of nitrogens with zero attached hydrogens (tertiary/aromatic N) is 3. The number of aromatic nitrogens is 2. The van der Waals surface area contributed by atoms with E-state index in [4.69, 9.17) is 9.47 Å². The molecule has 3 heterocycles. The maximum Gasteiger partial charge on any atom is 0.165 e. The van der Waals surface area contributed by atoms with Crippen LogP contribution in [-0.4, -0.2) is 45.9 Å². The Labute approximate surface area is 148 Å². The van der Waals surface area contributed by atoms with Crippen molar-refractivity contribution >= 4 is 0 Å². The average molecular weight is 343 g/mol. The molecule has 0 amide bonds. The van der Waals surface area contributed by atoms with Crippen LogP contribution in [-0.2, 0) is 13.6 Å². The number of hydrogen-bond donors (Lipinski definition) is 1. The lowest BCUT2D eigenvalue weighted by Crippen LogP contribution is -2.35. The summed E-state index contributed by atoms with van der Waals surface area (Å²) in [6, 6.07) is 6.11. The minimum Gasteiger partial charge on any atom is -0.486 e. The minimum absolute atomic E-state index is 0.265. The highest BCUT2D eigenvalue weighted by molar-refractivity contribution is 5.47. The summed E-state index contributed by atoms with van der Waals surface area (Å²) in [7, 11) is 1.93. The number of fused-ring (bicyclic) bond motifs is 1. The number of likely N-dealkylation sites (tertiary alicyclic amines) is 1. The summed E-state index contributed by atoms with van der Waals surface area (Å²) in [5.74, 6) is 2.77. The fourth-order valence-corrected chi connectivity index (χ4v) is 3.80. The molecule has 0 bridgehead atoms. The van der Waals surface area contributed by atoms with E-state index in [-0.39, 0.29) is 5.92 Å². The highest BCUT2D eigenvalue weighted by Gasteiger charge is 2.29. The number of rotatable bonds is 4. The van der Waals surface area contributed by atoms with Crippen LogP contribution in [0.2, 0.25) is 0 Å². The summed E-state index contributed by atoms with van der Waals surface area (Å²) in [5, 5.41) is 10.6. The molecule has 2 aromatic rings. The molecule has 0 radical (unpaired) electrons. The molecule has 2 aliphatic rings. The molecule has 1 aromatic carbocycles. The van der Waals surface area contributed by atoms with Crippen molar-refractivity contribution in [2.45, 2.75) is 25.5 Å². The molecule has 1 fully saturated rings. The molecule has 1 N–H and O–H groups in total. The van der Waals surface area contributed by atoms with Crippen LogP contribution in [0.5, 0.6) is 11.5 Å². The van der Waals surface area contributed by atoms with Crippen LogP contribution in [0.15, 0.2) is 30.6 Å². The molecule has 1 saturated heterocycles. The van der Waals surface area contributed by atoms with E-state index >= 15 is 0 Å². The maximum absolute atomic E-state index is 10.6. The van der Waals surface area contributed by atoms with Crippen molar-refractivity contribution in [2.75, 3.05) is 26.3 Å². The number of ether oxygens (including phenoxy) is 2. The Morgan fingerprint density at radius 1 is 1.24 bits per heavy atom. The van der Waals surface area contributed by atoms with Gasteiger partial charge in [-0.1, -0.05) is 12.1 Å². The molecule has 25 heavy (non-hydrogen) atoms. The lowest BCUT2D eigenvalue weighted by atomic mass is 9.90. The Morgan fingerprint density at radius 2 is 2.04 bits per heavy atom. The number of benzene rings is 1. The molecule has 1 unspecified atom stereocenters. The Bertz CT molecular complexity index is 722. The SMILES string of the molecule is Cn1ccnc1C(O)C1CCN(Cc2cccc3c2OCCO3)CC1. The van der Waals surface area contributed by atoms with E-state index in [9.17, 15) is 5.11 Å². The summed E-state index contributed by atoms with van der Waals surface area (Å²) in [4.78, 5) is 6.72. The van der Waals surface area contributed by atoms with E-state index in [0.29, 0.717) is 13.2 Å². The van der Waals surface area contributed by atoms with Crippen molar-refractivity contribution in [2.24, 2.45) is 13.0 Å². The predicted octanol–water partition coefficient (Wildman–Crippen LogP) is 2.14. The van der Waals surface area contributed by atoms with Crippen molar-refractivity contribution < 1.29 is 14.6 Å². The van der Waals surface area contributed by atoms with Gasteiger partial charge in [0.1, 0.15) is 25.1 Å². The number of para-hydroxylation sites is 1. The number of imidazole rings is 1. The van der Waals surface area contributed by atoms with Gasteiger partial charge >= 0.3 is 0 Å². The van der Waals surface area contributed by atoms with Gasteiger partial charge in [-0.25, -0.2) is 4.98 Å². The number of piperidine rings is 1. The molecule has 1 aromatic heterocycles. The van der Waals surface area contributed by atoms with Gasteiger partial charge in [0.05, 0.1) is 0 Å². The number of aliphatic hydroxyl groups excluding tert-OH is 1. The van der Waals surface area contributed by atoms with Gasteiger partial charge in [0.2, 0.25) is 0 Å². The fourth-order valence-electron chi connectivity index (χ4n) is 3.80. The highest BCUT2D eigenvalue weighted by atomic mass is 16.6. The van der Waals surface area contributed by atoms with Crippen LogP contribution in [0.4, 0.5) is 0 Å². The van der Waals surface area contributed by atoms with Crippen LogP contribution < -0.4 is 9.47 Å². The molecular weight excluding hydrogens is 318 g/mol. The number of aliphatic hydroxyl groups is 1. The first-order valence-electron chi connectivity index (χ1n) is 8.97. The third-order valence-electron chi connectivity index (χ3n) is 5.24. The van der Waals surface area contributed by atoms with Crippen LogP contribution in [0, 0.1) is 5.92 Å². The van der Waals surface area contributed by atoms with E-state index in [1.165, 1.54) is 5.56 Å². The van der Waals surface area contributed by atoms with E-state index in [0.717, 1.165) is 49.8 Å². The Balaban J connectivity index is 1.37. The monoisotopic (exact) mass is 343 g/mol. The van der Waals surface area contributed by atoms with Gasteiger partial charge in [0, 0.05) is 31.5 Å². The summed E-state index contributed by atoms with van der Waals surface area (Å²) in [5.41, 5.74) is 1.18. The molecule has 0 aliphatic carbocycles. The summed E-state index contributed by atoms with van der Waals surface area (Å²) in [6.07, 6.45) is 5.09. The third-order valence-corrected chi connectivity index (χ3v) is 5.24. The Hall–Kier alpha value is -2.05. The van der Waals surface area contributed by atoms with E-state index in [1.807, 2.05) is 29.9 Å². The molecule has 0 saturated carbocycles. The second-order valence-corrected chi connectivity index (χ2v) is 6.90. The fraction of sp³-hybridized carbons (Fsp3) is 0.526. The zero-order valence-corrected chi connectivity index (χ0v) is 14.6. The van der Waals surface area contributed by atoms with Crippen molar-refractivity contribution in [3.63, 3.8) is 0 Å². The molecule has 6 heteroatoms. The lowest BCUT2D eigenvalue weighted by molar-refractivity contribution is 0.0487.